The van der Waals surface area contributed by atoms with Crippen LogP contribution in [0.15, 0.2) is 0 Å². The van der Waals surface area contributed by atoms with Crippen LogP contribution in [0.5, 0.6) is 0 Å². The summed E-state index contributed by atoms with van der Waals surface area (Å²) in [4.78, 5) is 0. The molecule has 0 aliphatic heterocycles. The van der Waals surface area contributed by atoms with Gasteiger partial charge in [-0.25, -0.2) is 0 Å². The Labute approximate surface area is 90.9 Å². The highest BCUT2D eigenvalue weighted by atomic mass is 15.3. The van der Waals surface area contributed by atoms with Gasteiger partial charge in [0.25, 0.3) is 0 Å². The molecular formula is C11H20N4. The van der Waals surface area contributed by atoms with Gasteiger partial charge in [-0.05, 0) is 26.7 Å². The first-order valence-electron chi connectivity index (χ1n) is 5.87. The number of nitrogens with zero attached hydrogens (tertiary/aromatic N) is 3. The van der Waals surface area contributed by atoms with Crippen molar-refractivity contribution in [3.8, 4) is 0 Å². The topological polar surface area (TPSA) is 56.7 Å². The summed E-state index contributed by atoms with van der Waals surface area (Å²) < 4.78 is 2.25. The van der Waals surface area contributed by atoms with Crippen molar-refractivity contribution in [3.63, 3.8) is 0 Å². The van der Waals surface area contributed by atoms with E-state index in [2.05, 4.69) is 14.8 Å². The number of aryl methyl sites for hydroxylation is 1. The SMILES string of the molecule is Cc1nnc([C@@H](C)N)n1C1CCCCC1. The first kappa shape index (κ1) is 10.6. The first-order chi connectivity index (χ1) is 7.20. The van der Waals surface area contributed by atoms with E-state index in [9.17, 15) is 0 Å². The Kier molecular flexibility index (Phi) is 3.05. The fraction of sp³-hybridized carbons (Fsp3) is 0.818. The Morgan fingerprint density at radius 3 is 2.53 bits per heavy atom. The molecule has 84 valence electrons. The molecule has 1 heterocycles. The molecule has 4 heteroatoms. The van der Waals surface area contributed by atoms with Gasteiger partial charge in [-0.3, -0.25) is 0 Å². The van der Waals surface area contributed by atoms with Crippen molar-refractivity contribution in [2.75, 3.05) is 0 Å². The van der Waals surface area contributed by atoms with E-state index in [0.717, 1.165) is 11.6 Å². The minimum atomic E-state index is -0.0203. The summed E-state index contributed by atoms with van der Waals surface area (Å²) >= 11 is 0. The highest BCUT2D eigenvalue weighted by molar-refractivity contribution is 5.01. The molecule has 2 N–H and O–H groups in total. The standard InChI is InChI=1S/C11H20N4/c1-8(12)11-14-13-9(2)15(11)10-6-4-3-5-7-10/h8,10H,3-7,12H2,1-2H3/t8-/m1/s1. The smallest absolute Gasteiger partial charge is 0.149 e. The van der Waals surface area contributed by atoms with Crippen molar-refractivity contribution in [2.24, 2.45) is 5.73 Å². The van der Waals surface area contributed by atoms with Gasteiger partial charge in [0.2, 0.25) is 0 Å². The maximum absolute atomic E-state index is 5.91. The molecule has 1 aromatic heterocycles. The third kappa shape index (κ3) is 2.04. The van der Waals surface area contributed by atoms with Crippen LogP contribution >= 0.6 is 0 Å². The summed E-state index contributed by atoms with van der Waals surface area (Å²) in [6.45, 7) is 4.00. The van der Waals surface area contributed by atoms with Crippen LogP contribution in [0.2, 0.25) is 0 Å². The predicted molar refractivity (Wildman–Crippen MR) is 59.5 cm³/mol. The van der Waals surface area contributed by atoms with Crippen LogP contribution in [0.4, 0.5) is 0 Å². The number of rotatable bonds is 2. The number of hydrogen-bond donors (Lipinski definition) is 1. The Balaban J connectivity index is 2.28. The maximum Gasteiger partial charge on any atom is 0.149 e. The normalized spacial score (nSPS) is 20.5. The van der Waals surface area contributed by atoms with Crippen LogP contribution in [0.25, 0.3) is 0 Å². The summed E-state index contributed by atoms with van der Waals surface area (Å²) in [6.07, 6.45) is 6.50. The zero-order valence-electron chi connectivity index (χ0n) is 9.61. The van der Waals surface area contributed by atoms with E-state index in [1.165, 1.54) is 32.1 Å². The average Bonchev–Trinajstić information content (AvgIpc) is 2.61. The second-order valence-corrected chi connectivity index (χ2v) is 4.56. The second-order valence-electron chi connectivity index (χ2n) is 4.56. The van der Waals surface area contributed by atoms with Crippen molar-refractivity contribution in [3.05, 3.63) is 11.6 Å². The summed E-state index contributed by atoms with van der Waals surface area (Å²) in [5, 5.41) is 8.32. The number of hydrogen-bond acceptors (Lipinski definition) is 3. The third-order valence-electron chi connectivity index (χ3n) is 3.24. The van der Waals surface area contributed by atoms with Crippen LogP contribution in [-0.2, 0) is 0 Å². The van der Waals surface area contributed by atoms with Gasteiger partial charge in [0.1, 0.15) is 11.6 Å². The monoisotopic (exact) mass is 208 g/mol. The molecular weight excluding hydrogens is 188 g/mol. The zero-order valence-corrected chi connectivity index (χ0v) is 9.61. The van der Waals surface area contributed by atoms with Crippen LogP contribution in [0, 0.1) is 6.92 Å². The van der Waals surface area contributed by atoms with E-state index in [-0.39, 0.29) is 6.04 Å². The van der Waals surface area contributed by atoms with E-state index in [1.807, 2.05) is 13.8 Å². The van der Waals surface area contributed by atoms with Gasteiger partial charge in [-0.15, -0.1) is 10.2 Å². The lowest BCUT2D eigenvalue weighted by Gasteiger charge is -2.25. The average molecular weight is 208 g/mol. The minimum absolute atomic E-state index is 0.0203. The fourth-order valence-electron chi connectivity index (χ4n) is 2.49. The largest absolute Gasteiger partial charge is 0.322 e. The van der Waals surface area contributed by atoms with Crippen molar-refractivity contribution in [1.82, 2.24) is 14.8 Å². The van der Waals surface area contributed by atoms with E-state index >= 15 is 0 Å². The number of nitrogens with two attached hydrogens (primary N) is 1. The minimum Gasteiger partial charge on any atom is -0.322 e. The van der Waals surface area contributed by atoms with Crippen molar-refractivity contribution >= 4 is 0 Å². The Morgan fingerprint density at radius 1 is 1.27 bits per heavy atom. The van der Waals surface area contributed by atoms with Crippen molar-refractivity contribution < 1.29 is 0 Å². The Morgan fingerprint density at radius 2 is 1.93 bits per heavy atom. The van der Waals surface area contributed by atoms with E-state index < -0.39 is 0 Å². The maximum atomic E-state index is 5.91. The summed E-state index contributed by atoms with van der Waals surface area (Å²) in [5.41, 5.74) is 5.91. The van der Waals surface area contributed by atoms with Crippen molar-refractivity contribution in [1.29, 1.82) is 0 Å². The van der Waals surface area contributed by atoms with E-state index in [0.29, 0.717) is 6.04 Å². The van der Waals surface area contributed by atoms with Crippen LogP contribution in [0.3, 0.4) is 0 Å². The molecule has 2 rings (SSSR count). The van der Waals surface area contributed by atoms with Gasteiger partial charge in [0.05, 0.1) is 6.04 Å². The van der Waals surface area contributed by atoms with Gasteiger partial charge in [0.15, 0.2) is 0 Å². The highest BCUT2D eigenvalue weighted by Crippen LogP contribution is 2.30. The molecule has 1 fully saturated rings. The molecule has 1 aliphatic rings. The molecule has 0 bridgehead atoms. The molecule has 0 amide bonds. The molecule has 15 heavy (non-hydrogen) atoms. The quantitative estimate of drug-likeness (QED) is 0.809. The molecule has 0 aromatic carbocycles. The summed E-state index contributed by atoms with van der Waals surface area (Å²) in [5.74, 6) is 1.95. The predicted octanol–water partition coefficient (Wildman–Crippen LogP) is 2.11. The molecule has 1 aromatic rings. The van der Waals surface area contributed by atoms with Gasteiger partial charge in [-0.2, -0.15) is 0 Å². The summed E-state index contributed by atoms with van der Waals surface area (Å²) in [7, 11) is 0. The number of aromatic nitrogens is 3. The van der Waals surface area contributed by atoms with Gasteiger partial charge in [-0.1, -0.05) is 19.3 Å². The molecule has 1 atom stereocenters. The molecule has 1 aliphatic carbocycles. The van der Waals surface area contributed by atoms with Gasteiger partial charge in [0, 0.05) is 6.04 Å². The molecule has 0 radical (unpaired) electrons. The van der Waals surface area contributed by atoms with Gasteiger partial charge < -0.3 is 10.3 Å². The lowest BCUT2D eigenvalue weighted by molar-refractivity contribution is 0.337. The Bertz CT molecular complexity index is 323. The lowest BCUT2D eigenvalue weighted by Crippen LogP contribution is -2.20. The molecule has 0 unspecified atom stereocenters. The van der Waals surface area contributed by atoms with Gasteiger partial charge >= 0.3 is 0 Å². The van der Waals surface area contributed by atoms with Crippen LogP contribution in [-0.4, -0.2) is 14.8 Å². The van der Waals surface area contributed by atoms with E-state index in [4.69, 9.17) is 5.73 Å². The summed E-state index contributed by atoms with van der Waals surface area (Å²) in [6, 6.07) is 0.558. The molecule has 0 spiro atoms. The highest BCUT2D eigenvalue weighted by Gasteiger charge is 2.22. The zero-order chi connectivity index (χ0) is 10.8. The third-order valence-corrected chi connectivity index (χ3v) is 3.24. The molecule has 0 saturated heterocycles. The second kappa shape index (κ2) is 4.31. The molecule has 4 nitrogen and oxygen atoms in total. The van der Waals surface area contributed by atoms with Crippen molar-refractivity contribution in [2.45, 2.75) is 58.0 Å². The first-order valence-corrected chi connectivity index (χ1v) is 5.87. The van der Waals surface area contributed by atoms with Crippen LogP contribution in [0.1, 0.15) is 62.8 Å². The molecule has 1 saturated carbocycles. The fourth-order valence-corrected chi connectivity index (χ4v) is 2.49. The van der Waals surface area contributed by atoms with Crippen LogP contribution < -0.4 is 5.73 Å². The Hall–Kier alpha value is -0.900. The lowest BCUT2D eigenvalue weighted by atomic mass is 9.95. The van der Waals surface area contributed by atoms with E-state index in [1.54, 1.807) is 0 Å².